The van der Waals surface area contributed by atoms with Crippen molar-refractivity contribution in [3.05, 3.63) is 29.8 Å². The predicted octanol–water partition coefficient (Wildman–Crippen LogP) is 3.39. The lowest BCUT2D eigenvalue weighted by Crippen LogP contribution is -1.93. The zero-order chi connectivity index (χ0) is 10.6. The molecule has 1 aliphatic heterocycles. The Bertz CT molecular complexity index is 329. The second kappa shape index (κ2) is 4.70. The Labute approximate surface area is 85.2 Å². The topological polar surface area (TPSA) is 18.5 Å². The standard InChI is InChI=1S/C10H10O2.C2H6/c1-3-8-4-7(2)5-9-10(8)12-6-11-9;1-2/h3-5H,1,6H2,2H3;1-2H3. The lowest BCUT2D eigenvalue weighted by Gasteiger charge is -2.01. The van der Waals surface area contributed by atoms with E-state index in [1.807, 2.05) is 32.9 Å². The number of fused-ring (bicyclic) bond motifs is 1. The zero-order valence-corrected chi connectivity index (χ0v) is 8.96. The highest BCUT2D eigenvalue weighted by Gasteiger charge is 2.16. The van der Waals surface area contributed by atoms with Crippen molar-refractivity contribution in [2.75, 3.05) is 6.79 Å². The Hall–Kier alpha value is -1.44. The van der Waals surface area contributed by atoms with Crippen LogP contribution in [0.2, 0.25) is 0 Å². The summed E-state index contributed by atoms with van der Waals surface area (Å²) in [7, 11) is 0. The summed E-state index contributed by atoms with van der Waals surface area (Å²) in [6.07, 6.45) is 1.78. The van der Waals surface area contributed by atoms with Gasteiger partial charge in [0, 0.05) is 5.56 Å². The van der Waals surface area contributed by atoms with Crippen LogP contribution in [0.5, 0.6) is 11.5 Å². The number of hydrogen-bond donors (Lipinski definition) is 0. The Kier molecular flexibility index (Phi) is 3.57. The number of hydrogen-bond acceptors (Lipinski definition) is 2. The van der Waals surface area contributed by atoms with E-state index in [0.29, 0.717) is 6.79 Å². The molecule has 1 aliphatic rings. The fourth-order valence-electron chi connectivity index (χ4n) is 1.33. The van der Waals surface area contributed by atoms with E-state index in [0.717, 1.165) is 22.6 Å². The molecule has 0 atom stereocenters. The lowest BCUT2D eigenvalue weighted by molar-refractivity contribution is 0.173. The molecule has 2 rings (SSSR count). The van der Waals surface area contributed by atoms with Crippen molar-refractivity contribution in [3.8, 4) is 11.5 Å². The minimum atomic E-state index is 0.319. The first-order chi connectivity index (χ1) is 6.81. The molecule has 0 aromatic heterocycles. The van der Waals surface area contributed by atoms with Crippen LogP contribution in [-0.4, -0.2) is 6.79 Å². The first-order valence-electron chi connectivity index (χ1n) is 4.84. The SMILES string of the molecule is C=Cc1cc(C)cc2c1OCO2.CC. The smallest absolute Gasteiger partial charge is 0.231 e. The van der Waals surface area contributed by atoms with Gasteiger partial charge in [0.05, 0.1) is 0 Å². The molecule has 1 heterocycles. The minimum absolute atomic E-state index is 0.319. The van der Waals surface area contributed by atoms with Crippen molar-refractivity contribution < 1.29 is 9.47 Å². The van der Waals surface area contributed by atoms with Crippen LogP contribution in [0.4, 0.5) is 0 Å². The maximum absolute atomic E-state index is 5.28. The normalized spacial score (nSPS) is 11.6. The van der Waals surface area contributed by atoms with Gasteiger partial charge in [0.25, 0.3) is 0 Å². The molecule has 76 valence electrons. The third-order valence-electron chi connectivity index (χ3n) is 1.87. The minimum Gasteiger partial charge on any atom is -0.454 e. The van der Waals surface area contributed by atoms with E-state index in [1.165, 1.54) is 0 Å². The summed E-state index contributed by atoms with van der Waals surface area (Å²) < 4.78 is 10.5. The van der Waals surface area contributed by atoms with Crippen LogP contribution in [-0.2, 0) is 0 Å². The summed E-state index contributed by atoms with van der Waals surface area (Å²) in [4.78, 5) is 0. The molecule has 2 heteroatoms. The van der Waals surface area contributed by atoms with Gasteiger partial charge in [-0.2, -0.15) is 0 Å². The van der Waals surface area contributed by atoms with Crippen LogP contribution in [0, 0.1) is 6.92 Å². The first-order valence-corrected chi connectivity index (χ1v) is 4.84. The highest BCUT2D eigenvalue weighted by molar-refractivity contribution is 5.63. The van der Waals surface area contributed by atoms with Gasteiger partial charge < -0.3 is 9.47 Å². The van der Waals surface area contributed by atoms with Gasteiger partial charge in [-0.25, -0.2) is 0 Å². The molecule has 0 spiro atoms. The second-order valence-corrected chi connectivity index (χ2v) is 2.79. The number of ether oxygens (including phenoxy) is 2. The van der Waals surface area contributed by atoms with Crippen molar-refractivity contribution in [3.63, 3.8) is 0 Å². The van der Waals surface area contributed by atoms with Gasteiger partial charge in [-0.15, -0.1) is 0 Å². The lowest BCUT2D eigenvalue weighted by atomic mass is 10.1. The van der Waals surface area contributed by atoms with Gasteiger partial charge >= 0.3 is 0 Å². The van der Waals surface area contributed by atoms with Crippen LogP contribution in [0.3, 0.4) is 0 Å². The van der Waals surface area contributed by atoms with Gasteiger partial charge in [0.15, 0.2) is 11.5 Å². The van der Waals surface area contributed by atoms with Crippen molar-refractivity contribution in [1.82, 2.24) is 0 Å². The van der Waals surface area contributed by atoms with E-state index in [9.17, 15) is 0 Å². The first kappa shape index (κ1) is 10.6. The molecule has 0 fully saturated rings. The maximum atomic E-state index is 5.28. The van der Waals surface area contributed by atoms with Crippen LogP contribution >= 0.6 is 0 Å². The number of benzene rings is 1. The van der Waals surface area contributed by atoms with Gasteiger partial charge in [-0.05, 0) is 24.6 Å². The average molecular weight is 192 g/mol. The third kappa shape index (κ3) is 1.90. The van der Waals surface area contributed by atoms with E-state index in [-0.39, 0.29) is 0 Å². The largest absolute Gasteiger partial charge is 0.454 e. The Morgan fingerprint density at radius 2 is 2.00 bits per heavy atom. The van der Waals surface area contributed by atoms with Crippen LogP contribution in [0.1, 0.15) is 25.0 Å². The summed E-state index contributed by atoms with van der Waals surface area (Å²) in [5.41, 5.74) is 2.16. The summed E-state index contributed by atoms with van der Waals surface area (Å²) in [6.45, 7) is 10.1. The average Bonchev–Trinajstić information content (AvgIpc) is 2.67. The molecule has 14 heavy (non-hydrogen) atoms. The van der Waals surface area contributed by atoms with Crippen molar-refractivity contribution in [2.24, 2.45) is 0 Å². The highest BCUT2D eigenvalue weighted by atomic mass is 16.7. The van der Waals surface area contributed by atoms with Crippen LogP contribution in [0.25, 0.3) is 6.08 Å². The molecule has 2 nitrogen and oxygen atoms in total. The fraction of sp³-hybridized carbons (Fsp3) is 0.333. The zero-order valence-electron chi connectivity index (χ0n) is 8.96. The Balaban J connectivity index is 0.000000461. The fourth-order valence-corrected chi connectivity index (χ4v) is 1.33. The molecule has 0 aliphatic carbocycles. The Morgan fingerprint density at radius 1 is 1.29 bits per heavy atom. The van der Waals surface area contributed by atoms with Crippen molar-refractivity contribution in [1.29, 1.82) is 0 Å². The van der Waals surface area contributed by atoms with Gasteiger partial charge in [0.1, 0.15) is 0 Å². The summed E-state index contributed by atoms with van der Waals surface area (Å²) >= 11 is 0. The third-order valence-corrected chi connectivity index (χ3v) is 1.87. The van der Waals surface area contributed by atoms with Gasteiger partial charge in [-0.3, -0.25) is 0 Å². The quantitative estimate of drug-likeness (QED) is 0.679. The molecule has 0 radical (unpaired) electrons. The number of aryl methyl sites for hydroxylation is 1. The molecule has 0 unspecified atom stereocenters. The van der Waals surface area contributed by atoms with Crippen LogP contribution < -0.4 is 9.47 Å². The molecule has 0 saturated carbocycles. The Morgan fingerprint density at radius 3 is 2.64 bits per heavy atom. The molecular weight excluding hydrogens is 176 g/mol. The van der Waals surface area contributed by atoms with Gasteiger partial charge in [-0.1, -0.05) is 26.5 Å². The summed E-state index contributed by atoms with van der Waals surface area (Å²) in [5.74, 6) is 1.64. The molecule has 1 aromatic carbocycles. The number of rotatable bonds is 1. The van der Waals surface area contributed by atoms with E-state index in [2.05, 4.69) is 6.58 Å². The summed E-state index contributed by atoms with van der Waals surface area (Å²) in [5, 5.41) is 0. The maximum Gasteiger partial charge on any atom is 0.231 e. The van der Waals surface area contributed by atoms with E-state index >= 15 is 0 Å². The molecular formula is C12H16O2. The van der Waals surface area contributed by atoms with Crippen molar-refractivity contribution >= 4 is 6.08 Å². The molecule has 0 amide bonds. The van der Waals surface area contributed by atoms with E-state index < -0.39 is 0 Å². The summed E-state index contributed by atoms with van der Waals surface area (Å²) in [6, 6.07) is 4.00. The van der Waals surface area contributed by atoms with Crippen LogP contribution in [0.15, 0.2) is 18.7 Å². The predicted molar refractivity (Wildman–Crippen MR) is 58.7 cm³/mol. The second-order valence-electron chi connectivity index (χ2n) is 2.79. The molecule has 0 saturated heterocycles. The molecule has 0 bridgehead atoms. The van der Waals surface area contributed by atoms with E-state index in [4.69, 9.17) is 9.47 Å². The monoisotopic (exact) mass is 192 g/mol. The van der Waals surface area contributed by atoms with Gasteiger partial charge in [0.2, 0.25) is 6.79 Å². The van der Waals surface area contributed by atoms with Crippen molar-refractivity contribution in [2.45, 2.75) is 20.8 Å². The highest BCUT2D eigenvalue weighted by Crippen LogP contribution is 2.37. The van der Waals surface area contributed by atoms with E-state index in [1.54, 1.807) is 6.08 Å². The molecule has 1 aromatic rings. The molecule has 0 N–H and O–H groups in total.